The molecule has 452 valence electrons. The molecule has 0 radical (unpaired) electrons. The lowest BCUT2D eigenvalue weighted by Crippen LogP contribution is -2.30. The average molecular weight is 1110 g/mol. The minimum atomic E-state index is -0.827. The van der Waals surface area contributed by atoms with Crippen molar-refractivity contribution in [1.82, 2.24) is 0 Å². The molecule has 6 nitrogen and oxygen atoms in total. The van der Waals surface area contributed by atoms with E-state index in [9.17, 15) is 14.4 Å². The largest absolute Gasteiger partial charge is 0.462 e. The molecule has 0 saturated carbocycles. The van der Waals surface area contributed by atoms with Gasteiger partial charge in [-0.3, -0.25) is 14.4 Å². The molecule has 0 spiro atoms. The van der Waals surface area contributed by atoms with E-state index in [0.29, 0.717) is 12.8 Å². The molecule has 0 amide bonds. The van der Waals surface area contributed by atoms with Gasteiger partial charge in [0.15, 0.2) is 6.10 Å². The number of rotatable bonds is 56. The Hall–Kier alpha value is -5.49. The molecule has 0 aliphatic heterocycles. The van der Waals surface area contributed by atoms with Gasteiger partial charge in [-0.1, -0.05) is 261 Å². The molecule has 0 aromatic rings. The molecular formula is C75H116O6. The Labute approximate surface area is 497 Å². The van der Waals surface area contributed by atoms with Gasteiger partial charge >= 0.3 is 17.9 Å². The van der Waals surface area contributed by atoms with Crippen LogP contribution in [-0.2, 0) is 28.6 Å². The Balaban J connectivity index is 4.51. The molecular weight excluding hydrogens is 997 g/mol. The fraction of sp³-hybridized carbons (Fsp3) is 0.560. The van der Waals surface area contributed by atoms with Crippen LogP contribution in [0.3, 0.4) is 0 Å². The van der Waals surface area contributed by atoms with Crippen LogP contribution >= 0.6 is 0 Å². The van der Waals surface area contributed by atoms with Gasteiger partial charge in [0, 0.05) is 19.3 Å². The smallest absolute Gasteiger partial charge is 0.306 e. The first-order valence-electron chi connectivity index (χ1n) is 32.3. The zero-order valence-corrected chi connectivity index (χ0v) is 51.7. The van der Waals surface area contributed by atoms with Crippen LogP contribution in [0.15, 0.2) is 182 Å². The van der Waals surface area contributed by atoms with Crippen LogP contribution in [-0.4, -0.2) is 37.2 Å². The summed E-state index contributed by atoms with van der Waals surface area (Å²) < 4.78 is 16.8. The Kier molecular flexibility index (Phi) is 62.5. The van der Waals surface area contributed by atoms with Crippen LogP contribution in [0.1, 0.15) is 252 Å². The molecule has 0 fully saturated rings. The molecule has 1 unspecified atom stereocenters. The summed E-state index contributed by atoms with van der Waals surface area (Å²) in [6.07, 6.45) is 100. The topological polar surface area (TPSA) is 78.9 Å². The Morgan fingerprint density at radius 1 is 0.259 bits per heavy atom. The molecule has 0 N–H and O–H groups in total. The maximum atomic E-state index is 12.9. The second-order valence-corrected chi connectivity index (χ2v) is 20.5. The van der Waals surface area contributed by atoms with E-state index >= 15 is 0 Å². The average Bonchev–Trinajstić information content (AvgIpc) is 3.46. The third-order valence-corrected chi connectivity index (χ3v) is 12.9. The molecule has 1 atom stereocenters. The molecule has 0 aromatic carbocycles. The van der Waals surface area contributed by atoms with Gasteiger partial charge in [0.2, 0.25) is 0 Å². The van der Waals surface area contributed by atoms with E-state index in [4.69, 9.17) is 14.2 Å². The summed E-state index contributed by atoms with van der Waals surface area (Å²) >= 11 is 0. The van der Waals surface area contributed by atoms with Crippen molar-refractivity contribution in [2.75, 3.05) is 13.2 Å². The molecule has 0 aliphatic rings. The SMILES string of the molecule is CC/C=C\C/C=C\C/C=C\C/C=C\C/C=C\C/C=C\C/C=C\C/C=C\C/C=C\CCCC(=O)OCC(COC(=O)CCCCCCC/C=C\CCCCCC)OC(=O)CCCCCCC/C=C\C/C=C\C/C=C\C/C=C\C/C=C\CC. The van der Waals surface area contributed by atoms with Crippen molar-refractivity contribution in [2.24, 2.45) is 0 Å². The summed E-state index contributed by atoms with van der Waals surface area (Å²) in [4.78, 5) is 38.3. The van der Waals surface area contributed by atoms with Crippen LogP contribution in [0, 0.1) is 0 Å². The summed E-state index contributed by atoms with van der Waals surface area (Å²) in [5.74, 6) is -1.01. The normalized spacial score (nSPS) is 13.4. The Morgan fingerprint density at radius 3 is 0.815 bits per heavy atom. The number of unbranched alkanes of at least 4 members (excludes halogenated alkanes) is 15. The van der Waals surface area contributed by atoms with E-state index in [2.05, 4.69) is 203 Å². The van der Waals surface area contributed by atoms with Gasteiger partial charge < -0.3 is 14.2 Å². The Morgan fingerprint density at radius 2 is 0.494 bits per heavy atom. The third-order valence-electron chi connectivity index (χ3n) is 12.9. The van der Waals surface area contributed by atoms with Crippen LogP contribution in [0.5, 0.6) is 0 Å². The fourth-order valence-electron chi connectivity index (χ4n) is 8.11. The van der Waals surface area contributed by atoms with Crippen molar-refractivity contribution >= 4 is 17.9 Å². The first-order valence-corrected chi connectivity index (χ1v) is 32.3. The van der Waals surface area contributed by atoms with Crippen LogP contribution < -0.4 is 0 Å². The van der Waals surface area contributed by atoms with Crippen molar-refractivity contribution in [1.29, 1.82) is 0 Å². The first kappa shape index (κ1) is 75.5. The van der Waals surface area contributed by atoms with Crippen molar-refractivity contribution in [3.63, 3.8) is 0 Å². The maximum Gasteiger partial charge on any atom is 0.306 e. The van der Waals surface area contributed by atoms with Gasteiger partial charge in [-0.2, -0.15) is 0 Å². The maximum absolute atomic E-state index is 12.9. The molecule has 81 heavy (non-hydrogen) atoms. The van der Waals surface area contributed by atoms with Crippen molar-refractivity contribution in [2.45, 2.75) is 258 Å². The predicted octanol–water partition coefficient (Wildman–Crippen LogP) is 22.4. The van der Waals surface area contributed by atoms with E-state index in [1.807, 2.05) is 0 Å². The zero-order chi connectivity index (χ0) is 58.5. The van der Waals surface area contributed by atoms with Gasteiger partial charge in [-0.05, 0) is 154 Å². The molecule has 0 aliphatic carbocycles. The highest BCUT2D eigenvalue weighted by atomic mass is 16.6. The number of carbonyl (C=O) groups is 3. The Bertz CT molecular complexity index is 1900. The number of hydrogen-bond acceptors (Lipinski definition) is 6. The molecule has 6 heteroatoms. The predicted molar refractivity (Wildman–Crippen MR) is 352 cm³/mol. The number of carbonyl (C=O) groups excluding carboxylic acids is 3. The van der Waals surface area contributed by atoms with Gasteiger partial charge in [0.1, 0.15) is 13.2 Å². The van der Waals surface area contributed by atoms with Gasteiger partial charge in [0.05, 0.1) is 0 Å². The highest BCUT2D eigenvalue weighted by molar-refractivity contribution is 5.71. The lowest BCUT2D eigenvalue weighted by Gasteiger charge is -2.18. The molecule has 0 bridgehead atoms. The molecule has 0 saturated heterocycles. The fourth-order valence-corrected chi connectivity index (χ4v) is 8.11. The number of esters is 3. The van der Waals surface area contributed by atoms with Crippen molar-refractivity contribution in [3.8, 4) is 0 Å². The van der Waals surface area contributed by atoms with Crippen LogP contribution in [0.4, 0.5) is 0 Å². The summed E-state index contributed by atoms with van der Waals surface area (Å²) in [6, 6.07) is 0. The minimum absolute atomic E-state index is 0.117. The highest BCUT2D eigenvalue weighted by Gasteiger charge is 2.19. The number of hydrogen-bond donors (Lipinski definition) is 0. The lowest BCUT2D eigenvalue weighted by atomic mass is 10.1. The van der Waals surface area contributed by atoms with Crippen LogP contribution in [0.2, 0.25) is 0 Å². The van der Waals surface area contributed by atoms with Crippen molar-refractivity contribution in [3.05, 3.63) is 182 Å². The van der Waals surface area contributed by atoms with E-state index < -0.39 is 6.10 Å². The van der Waals surface area contributed by atoms with Crippen molar-refractivity contribution < 1.29 is 28.6 Å². The standard InChI is InChI=1S/C75H116O6/c1-4-7-10-13-16-19-22-25-27-29-31-33-34-35-36-37-38-39-40-42-43-45-47-50-53-56-59-62-65-68-74(77)80-71-72(70-79-73(76)67-64-61-58-55-52-49-24-21-18-15-12-9-6-3)81-75(78)69-66-63-60-57-54-51-48-46-44-41-32-30-28-26-23-20-17-14-11-8-5-2/h7-8,10-11,16-17,19-21,24-28,31-33,35-36,38-39,41-43,46-48,50,56,59,72H,4-6,9,12-15,18,22-23,29-30,34,37,40,44-45,49,51-55,57-58,60-71H2,1-3H3/b10-7-,11-8-,19-16-,20-17-,24-21-,27-25-,28-26-,33-31-,36-35-,39-38-,41-32-,43-42-,48-46-,50-47-,59-56-. The second-order valence-electron chi connectivity index (χ2n) is 20.5. The monoisotopic (exact) mass is 1110 g/mol. The lowest BCUT2D eigenvalue weighted by molar-refractivity contribution is -0.167. The van der Waals surface area contributed by atoms with E-state index in [-0.39, 0.29) is 44.0 Å². The first-order chi connectivity index (χ1) is 40.0. The van der Waals surface area contributed by atoms with E-state index in [1.54, 1.807) is 0 Å². The summed E-state index contributed by atoms with van der Waals surface area (Å²) in [5.41, 5.74) is 0. The third kappa shape index (κ3) is 65.2. The summed E-state index contributed by atoms with van der Waals surface area (Å²) in [5, 5.41) is 0. The highest BCUT2D eigenvalue weighted by Crippen LogP contribution is 2.13. The summed E-state index contributed by atoms with van der Waals surface area (Å²) in [6.45, 7) is 6.31. The number of allylic oxidation sites excluding steroid dienone is 30. The van der Waals surface area contributed by atoms with Gasteiger partial charge in [-0.25, -0.2) is 0 Å². The number of ether oxygens (including phenoxy) is 3. The van der Waals surface area contributed by atoms with Crippen LogP contribution in [0.25, 0.3) is 0 Å². The summed E-state index contributed by atoms with van der Waals surface area (Å²) in [7, 11) is 0. The quantitative estimate of drug-likeness (QED) is 0.0261. The van der Waals surface area contributed by atoms with Gasteiger partial charge in [-0.15, -0.1) is 0 Å². The molecule has 0 heterocycles. The van der Waals surface area contributed by atoms with E-state index in [0.717, 1.165) is 167 Å². The second kappa shape index (κ2) is 67.0. The molecule has 0 aromatic heterocycles. The zero-order valence-electron chi connectivity index (χ0n) is 51.7. The van der Waals surface area contributed by atoms with E-state index in [1.165, 1.54) is 38.5 Å². The molecule has 0 rings (SSSR count). The minimum Gasteiger partial charge on any atom is -0.462 e. The van der Waals surface area contributed by atoms with Gasteiger partial charge in [0.25, 0.3) is 0 Å².